The molecule has 1 rings (SSSR count). The molecule has 0 spiro atoms. The second-order valence-electron chi connectivity index (χ2n) is 4.94. The van der Waals surface area contributed by atoms with E-state index in [9.17, 15) is 4.79 Å². The Kier molecular flexibility index (Phi) is 4.80. The quantitative estimate of drug-likeness (QED) is 0.830. The monoisotopic (exact) mass is 347 g/mol. The van der Waals surface area contributed by atoms with Crippen molar-refractivity contribution in [2.75, 3.05) is 0 Å². The van der Waals surface area contributed by atoms with Crippen molar-refractivity contribution in [2.24, 2.45) is 0 Å². The number of nitrogens with one attached hydrogen (secondary N) is 1. The summed E-state index contributed by atoms with van der Waals surface area (Å²) in [6.07, 6.45) is -0.381. The largest absolute Gasteiger partial charge is 0.444 e. The Morgan fingerprint density at radius 3 is 2.59 bits per heavy atom. The van der Waals surface area contributed by atoms with Crippen LogP contribution in [-0.4, -0.2) is 11.7 Å². The molecule has 1 amide bonds. The number of carbonyl (C=O) groups excluding carboxylic acids is 1. The van der Waals surface area contributed by atoms with Gasteiger partial charge < -0.3 is 10.1 Å². The van der Waals surface area contributed by atoms with Gasteiger partial charge in [-0.05, 0) is 67.5 Å². The molecule has 1 aromatic carbocycles. The standard InChI is InChI=1S/C13H18INO2/c1-9-7-10(5-6-11(9)14)8-15-12(16)17-13(2,3)4/h5-7H,8H2,1-4H3,(H,15,16). The van der Waals surface area contributed by atoms with E-state index < -0.39 is 5.60 Å². The normalized spacial score (nSPS) is 11.1. The summed E-state index contributed by atoms with van der Waals surface area (Å²) >= 11 is 2.29. The zero-order valence-electron chi connectivity index (χ0n) is 10.6. The first-order valence-corrected chi connectivity index (χ1v) is 6.58. The molecule has 0 heterocycles. The van der Waals surface area contributed by atoms with Gasteiger partial charge in [-0.2, -0.15) is 0 Å². The van der Waals surface area contributed by atoms with Gasteiger partial charge in [0.2, 0.25) is 0 Å². The Bertz CT molecular complexity index is 410. The van der Waals surface area contributed by atoms with Gasteiger partial charge in [0.15, 0.2) is 0 Å². The predicted molar refractivity (Wildman–Crippen MR) is 77.0 cm³/mol. The zero-order chi connectivity index (χ0) is 13.1. The number of aryl methyl sites for hydroxylation is 1. The molecule has 3 nitrogen and oxygen atoms in total. The first-order valence-electron chi connectivity index (χ1n) is 5.50. The number of amides is 1. The van der Waals surface area contributed by atoms with Gasteiger partial charge in [0.05, 0.1) is 0 Å². The molecule has 0 aliphatic heterocycles. The summed E-state index contributed by atoms with van der Waals surface area (Å²) < 4.78 is 6.39. The third kappa shape index (κ3) is 5.39. The van der Waals surface area contributed by atoms with E-state index in [1.807, 2.05) is 32.9 Å². The van der Waals surface area contributed by atoms with Crippen LogP contribution in [0, 0.1) is 10.5 Å². The van der Waals surface area contributed by atoms with Gasteiger partial charge in [0.25, 0.3) is 0 Å². The molecule has 0 bridgehead atoms. The summed E-state index contributed by atoms with van der Waals surface area (Å²) in [7, 11) is 0. The number of hydrogen-bond donors (Lipinski definition) is 1. The van der Waals surface area contributed by atoms with Crippen molar-refractivity contribution in [1.82, 2.24) is 5.32 Å². The molecular weight excluding hydrogens is 329 g/mol. The summed E-state index contributed by atoms with van der Waals surface area (Å²) in [6.45, 7) is 8.09. The minimum Gasteiger partial charge on any atom is -0.444 e. The van der Waals surface area contributed by atoms with Crippen molar-refractivity contribution in [3.05, 3.63) is 32.9 Å². The van der Waals surface area contributed by atoms with Gasteiger partial charge in [-0.25, -0.2) is 4.79 Å². The average molecular weight is 347 g/mol. The maximum atomic E-state index is 11.4. The fraction of sp³-hybridized carbons (Fsp3) is 0.462. The molecule has 0 radical (unpaired) electrons. The first-order chi connectivity index (χ1) is 7.78. The Labute approximate surface area is 116 Å². The lowest BCUT2D eigenvalue weighted by atomic mass is 10.1. The van der Waals surface area contributed by atoms with Crippen LogP contribution in [0.1, 0.15) is 31.9 Å². The Morgan fingerprint density at radius 2 is 2.06 bits per heavy atom. The number of hydrogen-bond acceptors (Lipinski definition) is 2. The first kappa shape index (κ1) is 14.3. The third-order valence-electron chi connectivity index (χ3n) is 2.06. The van der Waals surface area contributed by atoms with E-state index in [2.05, 4.69) is 40.9 Å². The van der Waals surface area contributed by atoms with Gasteiger partial charge in [-0.15, -0.1) is 0 Å². The van der Waals surface area contributed by atoms with E-state index in [4.69, 9.17) is 4.74 Å². The summed E-state index contributed by atoms with van der Waals surface area (Å²) in [5.41, 5.74) is 1.84. The highest BCUT2D eigenvalue weighted by molar-refractivity contribution is 14.1. The van der Waals surface area contributed by atoms with Gasteiger partial charge in [0, 0.05) is 10.1 Å². The maximum Gasteiger partial charge on any atom is 0.407 e. The number of rotatable bonds is 2. The molecule has 17 heavy (non-hydrogen) atoms. The highest BCUT2D eigenvalue weighted by atomic mass is 127. The SMILES string of the molecule is Cc1cc(CNC(=O)OC(C)(C)C)ccc1I. The average Bonchev–Trinajstić information content (AvgIpc) is 2.17. The van der Waals surface area contributed by atoms with Crippen LogP contribution in [0.4, 0.5) is 4.79 Å². The van der Waals surface area contributed by atoms with Crippen LogP contribution in [-0.2, 0) is 11.3 Å². The minimum atomic E-state index is -0.452. The summed E-state index contributed by atoms with van der Waals surface area (Å²) in [5, 5.41) is 2.74. The van der Waals surface area contributed by atoms with Crippen LogP contribution in [0.5, 0.6) is 0 Å². The molecule has 0 aliphatic carbocycles. The lowest BCUT2D eigenvalue weighted by molar-refractivity contribution is 0.0523. The van der Waals surface area contributed by atoms with E-state index in [1.165, 1.54) is 9.13 Å². The second kappa shape index (κ2) is 5.71. The Balaban J connectivity index is 2.50. The third-order valence-corrected chi connectivity index (χ3v) is 3.27. The summed E-state index contributed by atoms with van der Waals surface area (Å²) in [6, 6.07) is 6.12. The van der Waals surface area contributed by atoms with Crippen molar-refractivity contribution in [3.8, 4) is 0 Å². The molecule has 0 aromatic heterocycles. The van der Waals surface area contributed by atoms with E-state index in [0.29, 0.717) is 6.54 Å². The number of ether oxygens (including phenoxy) is 1. The molecule has 0 fully saturated rings. The molecule has 94 valence electrons. The molecule has 1 aromatic rings. The number of alkyl carbamates (subject to hydrolysis) is 1. The van der Waals surface area contributed by atoms with E-state index in [-0.39, 0.29) is 6.09 Å². The van der Waals surface area contributed by atoms with Gasteiger partial charge in [0.1, 0.15) is 5.60 Å². The zero-order valence-corrected chi connectivity index (χ0v) is 12.8. The van der Waals surface area contributed by atoms with Gasteiger partial charge in [-0.1, -0.05) is 12.1 Å². The van der Waals surface area contributed by atoms with Gasteiger partial charge in [-0.3, -0.25) is 0 Å². The van der Waals surface area contributed by atoms with Crippen LogP contribution in [0.3, 0.4) is 0 Å². The number of carbonyl (C=O) groups is 1. The van der Waals surface area contributed by atoms with Crippen molar-refractivity contribution in [2.45, 2.75) is 39.8 Å². The molecule has 1 N–H and O–H groups in total. The fourth-order valence-electron chi connectivity index (χ4n) is 1.31. The minimum absolute atomic E-state index is 0.381. The Hall–Kier alpha value is -0.780. The van der Waals surface area contributed by atoms with Crippen LogP contribution in [0.25, 0.3) is 0 Å². The smallest absolute Gasteiger partial charge is 0.407 e. The lowest BCUT2D eigenvalue weighted by Gasteiger charge is -2.19. The van der Waals surface area contributed by atoms with Crippen LogP contribution >= 0.6 is 22.6 Å². The molecule has 0 atom stereocenters. The predicted octanol–water partition coefficient (Wildman–Crippen LogP) is 3.62. The molecule has 0 aliphatic rings. The lowest BCUT2D eigenvalue weighted by Crippen LogP contribution is -2.32. The van der Waals surface area contributed by atoms with Crippen molar-refractivity contribution < 1.29 is 9.53 Å². The van der Waals surface area contributed by atoms with Crippen molar-refractivity contribution >= 4 is 28.7 Å². The van der Waals surface area contributed by atoms with Crippen molar-refractivity contribution in [1.29, 1.82) is 0 Å². The van der Waals surface area contributed by atoms with Gasteiger partial charge >= 0.3 is 6.09 Å². The topological polar surface area (TPSA) is 38.3 Å². The molecule has 0 unspecified atom stereocenters. The van der Waals surface area contributed by atoms with Crippen LogP contribution in [0.2, 0.25) is 0 Å². The number of benzene rings is 1. The second-order valence-corrected chi connectivity index (χ2v) is 6.10. The van der Waals surface area contributed by atoms with Crippen LogP contribution in [0.15, 0.2) is 18.2 Å². The van der Waals surface area contributed by atoms with Crippen LogP contribution < -0.4 is 5.32 Å². The van der Waals surface area contributed by atoms with E-state index >= 15 is 0 Å². The molecule has 0 saturated carbocycles. The highest BCUT2D eigenvalue weighted by Gasteiger charge is 2.15. The molecule has 4 heteroatoms. The number of halogens is 1. The summed E-state index contributed by atoms with van der Waals surface area (Å²) in [4.78, 5) is 11.4. The maximum absolute atomic E-state index is 11.4. The van der Waals surface area contributed by atoms with E-state index in [0.717, 1.165) is 5.56 Å². The van der Waals surface area contributed by atoms with Crippen molar-refractivity contribution in [3.63, 3.8) is 0 Å². The fourth-order valence-corrected chi connectivity index (χ4v) is 1.64. The Morgan fingerprint density at radius 1 is 1.41 bits per heavy atom. The summed E-state index contributed by atoms with van der Waals surface area (Å²) in [5.74, 6) is 0. The molecular formula is C13H18INO2. The molecule has 0 saturated heterocycles. The van der Waals surface area contributed by atoms with E-state index in [1.54, 1.807) is 0 Å². The highest BCUT2D eigenvalue weighted by Crippen LogP contribution is 2.13.